The fourth-order valence-corrected chi connectivity index (χ4v) is 1.94. The summed E-state index contributed by atoms with van der Waals surface area (Å²) in [6.07, 6.45) is 0.506. The van der Waals surface area contributed by atoms with E-state index in [-0.39, 0.29) is 11.9 Å². The minimum atomic E-state index is -0.0294. The lowest BCUT2D eigenvalue weighted by Crippen LogP contribution is -2.22. The second-order valence-electron chi connectivity index (χ2n) is 3.77. The van der Waals surface area contributed by atoms with Crippen LogP contribution in [0.3, 0.4) is 0 Å². The summed E-state index contributed by atoms with van der Waals surface area (Å²) in [7, 11) is 1.81. The Bertz CT molecular complexity index is 385. The second kappa shape index (κ2) is 3.10. The van der Waals surface area contributed by atoms with Crippen molar-refractivity contribution in [2.45, 2.75) is 19.4 Å². The number of fused-ring (bicyclic) bond motifs is 1. The molecule has 3 heteroatoms. The van der Waals surface area contributed by atoms with Gasteiger partial charge in [0.05, 0.1) is 12.1 Å². The van der Waals surface area contributed by atoms with Gasteiger partial charge in [0.25, 0.3) is 0 Å². The first kappa shape index (κ1) is 9.21. The Morgan fingerprint density at radius 2 is 2.21 bits per heavy atom. The monoisotopic (exact) mass is 190 g/mol. The number of hydrogen-bond donors (Lipinski definition) is 1. The van der Waals surface area contributed by atoms with Gasteiger partial charge in [0.1, 0.15) is 0 Å². The number of amides is 1. The van der Waals surface area contributed by atoms with Crippen LogP contribution in [0.2, 0.25) is 0 Å². The highest BCUT2D eigenvalue weighted by Crippen LogP contribution is 2.33. The Labute approximate surface area is 83.5 Å². The van der Waals surface area contributed by atoms with Gasteiger partial charge in [0, 0.05) is 13.1 Å². The van der Waals surface area contributed by atoms with Gasteiger partial charge < -0.3 is 10.6 Å². The van der Waals surface area contributed by atoms with Crippen LogP contribution in [0.4, 0.5) is 5.69 Å². The van der Waals surface area contributed by atoms with Crippen molar-refractivity contribution in [2.75, 3.05) is 11.9 Å². The van der Waals surface area contributed by atoms with E-state index >= 15 is 0 Å². The number of para-hydroxylation sites is 1. The number of hydrogen-bond acceptors (Lipinski definition) is 2. The van der Waals surface area contributed by atoms with E-state index in [9.17, 15) is 4.79 Å². The third-order valence-corrected chi connectivity index (χ3v) is 2.69. The lowest BCUT2D eigenvalue weighted by atomic mass is 10.0. The number of anilines is 1. The van der Waals surface area contributed by atoms with E-state index in [0.29, 0.717) is 6.42 Å². The van der Waals surface area contributed by atoms with Gasteiger partial charge in [0.15, 0.2) is 0 Å². The maximum atomic E-state index is 11.5. The molecule has 0 aromatic heterocycles. The molecule has 1 aliphatic heterocycles. The number of benzene rings is 1. The molecule has 74 valence electrons. The van der Waals surface area contributed by atoms with Gasteiger partial charge in [-0.3, -0.25) is 4.79 Å². The molecule has 1 aliphatic rings. The van der Waals surface area contributed by atoms with Gasteiger partial charge in [-0.1, -0.05) is 18.2 Å². The molecule has 0 bridgehead atoms. The Kier molecular flexibility index (Phi) is 2.04. The van der Waals surface area contributed by atoms with Crippen LogP contribution in [0, 0.1) is 0 Å². The van der Waals surface area contributed by atoms with Crippen LogP contribution in [0.25, 0.3) is 0 Å². The van der Waals surface area contributed by atoms with E-state index in [0.717, 1.165) is 16.8 Å². The van der Waals surface area contributed by atoms with Crippen LogP contribution in [-0.4, -0.2) is 13.0 Å². The number of carbonyl (C=O) groups is 1. The number of likely N-dealkylation sites (N-methyl/N-ethyl adjacent to an activating group) is 1. The van der Waals surface area contributed by atoms with Crippen LogP contribution in [-0.2, 0) is 11.2 Å². The summed E-state index contributed by atoms with van der Waals surface area (Å²) in [4.78, 5) is 13.2. The lowest BCUT2D eigenvalue weighted by molar-refractivity contribution is -0.117. The third-order valence-electron chi connectivity index (χ3n) is 2.69. The fourth-order valence-electron chi connectivity index (χ4n) is 1.94. The molecule has 3 nitrogen and oxygen atoms in total. The first-order valence-electron chi connectivity index (χ1n) is 4.75. The predicted octanol–water partition coefficient (Wildman–Crippen LogP) is 1.23. The topological polar surface area (TPSA) is 46.3 Å². The summed E-state index contributed by atoms with van der Waals surface area (Å²) in [5.74, 6) is 0.146. The molecule has 0 aliphatic carbocycles. The summed E-state index contributed by atoms with van der Waals surface area (Å²) in [5, 5.41) is 0. The number of carbonyl (C=O) groups excluding carboxylic acids is 1. The Balaban J connectivity index is 2.58. The van der Waals surface area contributed by atoms with Gasteiger partial charge in [-0.05, 0) is 18.1 Å². The normalized spacial score (nSPS) is 17.1. The zero-order valence-electron chi connectivity index (χ0n) is 8.45. The molecule has 1 heterocycles. The largest absolute Gasteiger partial charge is 0.324 e. The Hall–Kier alpha value is -1.35. The maximum Gasteiger partial charge on any atom is 0.231 e. The summed E-state index contributed by atoms with van der Waals surface area (Å²) in [6, 6.07) is 5.91. The molecule has 0 saturated heterocycles. The number of rotatable bonds is 1. The van der Waals surface area contributed by atoms with Crippen molar-refractivity contribution in [2.24, 2.45) is 5.73 Å². The molecule has 1 aromatic rings. The second-order valence-corrected chi connectivity index (χ2v) is 3.77. The lowest BCUT2D eigenvalue weighted by Gasteiger charge is -2.17. The summed E-state index contributed by atoms with van der Waals surface area (Å²) in [6.45, 7) is 1.94. The Morgan fingerprint density at radius 1 is 1.50 bits per heavy atom. The van der Waals surface area contributed by atoms with Gasteiger partial charge in [0.2, 0.25) is 5.91 Å². The maximum absolute atomic E-state index is 11.5. The van der Waals surface area contributed by atoms with E-state index in [2.05, 4.69) is 0 Å². The SMILES string of the molecule is CC(N)c1cccc2c1N(C)C(=O)C2. The highest BCUT2D eigenvalue weighted by Gasteiger charge is 2.26. The first-order valence-corrected chi connectivity index (χ1v) is 4.75. The number of nitrogens with two attached hydrogens (primary N) is 1. The van der Waals surface area contributed by atoms with Crippen molar-refractivity contribution in [3.8, 4) is 0 Å². The van der Waals surface area contributed by atoms with E-state index < -0.39 is 0 Å². The summed E-state index contributed by atoms with van der Waals surface area (Å²) >= 11 is 0. The summed E-state index contributed by atoms with van der Waals surface area (Å²) < 4.78 is 0. The van der Waals surface area contributed by atoms with Crippen molar-refractivity contribution in [1.82, 2.24) is 0 Å². The average molecular weight is 190 g/mol. The van der Waals surface area contributed by atoms with E-state index in [1.165, 1.54) is 0 Å². The molecule has 0 saturated carbocycles. The molecule has 1 aromatic carbocycles. The summed E-state index contributed by atoms with van der Waals surface area (Å²) in [5.41, 5.74) is 9.01. The molecular weight excluding hydrogens is 176 g/mol. The molecule has 2 rings (SSSR count). The van der Waals surface area contributed by atoms with Crippen LogP contribution in [0.5, 0.6) is 0 Å². The predicted molar refractivity (Wildman–Crippen MR) is 56.2 cm³/mol. The first-order chi connectivity index (χ1) is 6.61. The van der Waals surface area contributed by atoms with Gasteiger partial charge >= 0.3 is 0 Å². The molecule has 0 spiro atoms. The highest BCUT2D eigenvalue weighted by molar-refractivity contribution is 6.01. The Morgan fingerprint density at radius 3 is 2.86 bits per heavy atom. The molecule has 0 radical (unpaired) electrons. The highest BCUT2D eigenvalue weighted by atomic mass is 16.2. The van der Waals surface area contributed by atoms with Crippen molar-refractivity contribution in [3.63, 3.8) is 0 Å². The zero-order valence-corrected chi connectivity index (χ0v) is 8.45. The molecule has 1 unspecified atom stereocenters. The molecule has 1 atom stereocenters. The van der Waals surface area contributed by atoms with Crippen molar-refractivity contribution >= 4 is 11.6 Å². The van der Waals surface area contributed by atoms with E-state index in [1.807, 2.05) is 25.1 Å². The smallest absolute Gasteiger partial charge is 0.231 e. The molecule has 1 amide bonds. The van der Waals surface area contributed by atoms with Crippen molar-refractivity contribution < 1.29 is 4.79 Å². The van der Waals surface area contributed by atoms with Gasteiger partial charge in [-0.15, -0.1) is 0 Å². The number of nitrogens with zero attached hydrogens (tertiary/aromatic N) is 1. The van der Waals surface area contributed by atoms with Crippen LogP contribution in [0.1, 0.15) is 24.1 Å². The van der Waals surface area contributed by atoms with Crippen LogP contribution >= 0.6 is 0 Å². The fraction of sp³-hybridized carbons (Fsp3) is 0.364. The van der Waals surface area contributed by atoms with Gasteiger partial charge in [-0.25, -0.2) is 0 Å². The third kappa shape index (κ3) is 1.21. The zero-order chi connectivity index (χ0) is 10.3. The molecule has 2 N–H and O–H groups in total. The van der Waals surface area contributed by atoms with Crippen LogP contribution in [0.15, 0.2) is 18.2 Å². The molecule has 14 heavy (non-hydrogen) atoms. The average Bonchev–Trinajstić information content (AvgIpc) is 2.43. The minimum Gasteiger partial charge on any atom is -0.324 e. The van der Waals surface area contributed by atoms with E-state index in [1.54, 1.807) is 11.9 Å². The quantitative estimate of drug-likeness (QED) is 0.723. The van der Waals surface area contributed by atoms with Crippen molar-refractivity contribution in [3.05, 3.63) is 29.3 Å². The molecule has 0 fully saturated rings. The van der Waals surface area contributed by atoms with E-state index in [4.69, 9.17) is 5.73 Å². The minimum absolute atomic E-state index is 0.0294. The van der Waals surface area contributed by atoms with Gasteiger partial charge in [-0.2, -0.15) is 0 Å². The van der Waals surface area contributed by atoms with Crippen LogP contribution < -0.4 is 10.6 Å². The molecular formula is C11H14N2O. The standard InChI is InChI=1S/C11H14N2O/c1-7(12)9-5-3-4-8-6-10(14)13(2)11(8)9/h3-5,7H,6,12H2,1-2H3. The van der Waals surface area contributed by atoms with Crippen molar-refractivity contribution in [1.29, 1.82) is 0 Å².